The van der Waals surface area contributed by atoms with Gasteiger partial charge in [0.25, 0.3) is 0 Å². The van der Waals surface area contributed by atoms with Crippen LogP contribution in [0.3, 0.4) is 0 Å². The van der Waals surface area contributed by atoms with Crippen molar-refractivity contribution in [3.05, 3.63) is 70.5 Å². The molecule has 0 aromatic heterocycles. The van der Waals surface area contributed by atoms with Crippen molar-refractivity contribution in [3.63, 3.8) is 0 Å². The van der Waals surface area contributed by atoms with Crippen LogP contribution < -0.4 is 4.74 Å². The molecule has 5 nitrogen and oxygen atoms in total. The van der Waals surface area contributed by atoms with Crippen LogP contribution in [0.5, 0.6) is 23.0 Å². The third-order valence-electron chi connectivity index (χ3n) is 4.74. The minimum absolute atomic E-state index is 0.0766. The number of allylic oxidation sites excluding steroid dienone is 4. The Bertz CT molecular complexity index is 1010. The summed E-state index contributed by atoms with van der Waals surface area (Å²) in [4.78, 5) is 0. The topological polar surface area (TPSA) is 90.2 Å². The number of aliphatic hydroxyl groups excluding tert-OH is 1. The highest BCUT2D eigenvalue weighted by atomic mass is 16.5. The van der Waals surface area contributed by atoms with Crippen molar-refractivity contribution in [1.29, 1.82) is 0 Å². The van der Waals surface area contributed by atoms with Gasteiger partial charge in [-0.05, 0) is 56.5 Å². The molecule has 5 heteroatoms. The monoisotopic (exact) mass is 380 g/mol. The zero-order chi connectivity index (χ0) is 20.4. The van der Waals surface area contributed by atoms with E-state index in [0.717, 1.165) is 17.4 Å². The lowest BCUT2D eigenvalue weighted by atomic mass is 9.94. The summed E-state index contributed by atoms with van der Waals surface area (Å²) in [5.74, 6) is 0.703. The van der Waals surface area contributed by atoms with Crippen LogP contribution in [0.2, 0.25) is 0 Å². The standard InChI is InChI=1S/C23H24O5/c1-4-14-9-15(6-8-18(14)25)20-10-16(12-24)22-21(28-20)11-19(26)17(23(22)27)7-5-13(2)3/h5-6,8-12,24-27H,4,7H2,1-3H3/b16-12-. The molecule has 1 aliphatic heterocycles. The summed E-state index contributed by atoms with van der Waals surface area (Å²) in [6.45, 7) is 5.81. The number of fused-ring (bicyclic) bond motifs is 1. The Hall–Kier alpha value is -3.34. The van der Waals surface area contributed by atoms with E-state index in [1.165, 1.54) is 6.07 Å². The second-order valence-electron chi connectivity index (χ2n) is 6.97. The average molecular weight is 380 g/mol. The Morgan fingerprint density at radius 1 is 1.07 bits per heavy atom. The number of rotatable bonds is 4. The minimum Gasteiger partial charge on any atom is -0.515 e. The Morgan fingerprint density at radius 3 is 2.46 bits per heavy atom. The molecule has 1 aliphatic rings. The second-order valence-corrected chi connectivity index (χ2v) is 6.97. The zero-order valence-corrected chi connectivity index (χ0v) is 16.2. The fourth-order valence-electron chi connectivity index (χ4n) is 3.17. The highest BCUT2D eigenvalue weighted by Gasteiger charge is 2.26. The normalized spacial score (nSPS) is 14.2. The van der Waals surface area contributed by atoms with Crippen molar-refractivity contribution in [1.82, 2.24) is 0 Å². The van der Waals surface area contributed by atoms with Crippen molar-refractivity contribution in [2.75, 3.05) is 0 Å². The molecule has 28 heavy (non-hydrogen) atoms. The van der Waals surface area contributed by atoms with Gasteiger partial charge in [0.2, 0.25) is 0 Å². The van der Waals surface area contributed by atoms with Crippen molar-refractivity contribution >= 4 is 11.3 Å². The molecule has 0 atom stereocenters. The quantitative estimate of drug-likeness (QED) is 0.432. The van der Waals surface area contributed by atoms with E-state index in [-0.39, 0.29) is 23.0 Å². The number of hydrogen-bond acceptors (Lipinski definition) is 5. The van der Waals surface area contributed by atoms with Crippen LogP contribution in [0.15, 0.2) is 48.3 Å². The molecule has 3 rings (SSSR count). The molecule has 1 heterocycles. The number of aromatic hydroxyl groups is 3. The smallest absolute Gasteiger partial charge is 0.142 e. The largest absolute Gasteiger partial charge is 0.515 e. The molecule has 0 saturated carbocycles. The maximum absolute atomic E-state index is 10.7. The van der Waals surface area contributed by atoms with E-state index in [9.17, 15) is 20.4 Å². The van der Waals surface area contributed by atoms with Crippen molar-refractivity contribution < 1.29 is 25.2 Å². The third-order valence-corrected chi connectivity index (χ3v) is 4.74. The van der Waals surface area contributed by atoms with Gasteiger partial charge in [0.15, 0.2) is 0 Å². The van der Waals surface area contributed by atoms with Crippen LogP contribution >= 0.6 is 0 Å². The predicted octanol–water partition coefficient (Wildman–Crippen LogP) is 5.21. The van der Waals surface area contributed by atoms with E-state index >= 15 is 0 Å². The molecule has 2 aromatic rings. The molecule has 0 bridgehead atoms. The number of aryl methyl sites for hydroxylation is 1. The van der Waals surface area contributed by atoms with E-state index in [1.54, 1.807) is 18.2 Å². The predicted molar refractivity (Wildman–Crippen MR) is 110 cm³/mol. The molecule has 0 spiro atoms. The zero-order valence-electron chi connectivity index (χ0n) is 16.2. The van der Waals surface area contributed by atoms with Gasteiger partial charge in [0.1, 0.15) is 28.8 Å². The van der Waals surface area contributed by atoms with Gasteiger partial charge in [0.05, 0.1) is 11.8 Å². The Balaban J connectivity index is 2.09. The minimum atomic E-state index is -0.122. The Labute approximate surface area is 164 Å². The molecule has 0 amide bonds. The average Bonchev–Trinajstić information content (AvgIpc) is 2.66. The number of aliphatic hydroxyl groups is 1. The third kappa shape index (κ3) is 3.56. The number of phenols is 3. The molecular weight excluding hydrogens is 356 g/mol. The summed E-state index contributed by atoms with van der Waals surface area (Å²) in [6.07, 6.45) is 5.44. The van der Waals surface area contributed by atoms with Crippen molar-refractivity contribution in [3.8, 4) is 23.0 Å². The molecule has 0 saturated heterocycles. The summed E-state index contributed by atoms with van der Waals surface area (Å²) in [5.41, 5.74) is 3.62. The number of hydrogen-bond donors (Lipinski definition) is 4. The number of benzene rings is 2. The highest BCUT2D eigenvalue weighted by molar-refractivity contribution is 5.91. The lowest BCUT2D eigenvalue weighted by molar-refractivity contribution is 0.424. The van der Waals surface area contributed by atoms with E-state index < -0.39 is 0 Å². The lowest BCUT2D eigenvalue weighted by Gasteiger charge is -2.23. The molecule has 0 radical (unpaired) electrons. The maximum Gasteiger partial charge on any atom is 0.142 e. The van der Waals surface area contributed by atoms with Gasteiger partial charge in [-0.15, -0.1) is 0 Å². The summed E-state index contributed by atoms with van der Waals surface area (Å²) in [7, 11) is 0. The second kappa shape index (κ2) is 7.72. The van der Waals surface area contributed by atoms with Crippen LogP contribution in [0.4, 0.5) is 0 Å². The molecule has 4 N–H and O–H groups in total. The first-order valence-electron chi connectivity index (χ1n) is 9.13. The highest BCUT2D eigenvalue weighted by Crippen LogP contribution is 2.47. The maximum atomic E-state index is 10.7. The van der Waals surface area contributed by atoms with E-state index in [4.69, 9.17) is 4.74 Å². The first-order chi connectivity index (χ1) is 13.3. The van der Waals surface area contributed by atoms with Gasteiger partial charge in [-0.1, -0.05) is 18.6 Å². The molecule has 2 aromatic carbocycles. The van der Waals surface area contributed by atoms with Crippen LogP contribution in [0.1, 0.15) is 43.0 Å². The summed E-state index contributed by atoms with van der Waals surface area (Å²) in [6, 6.07) is 6.56. The van der Waals surface area contributed by atoms with Gasteiger partial charge in [-0.25, -0.2) is 0 Å². The number of ether oxygens (including phenoxy) is 1. The van der Waals surface area contributed by atoms with E-state index in [1.807, 2.05) is 32.9 Å². The Kier molecular flexibility index (Phi) is 5.36. The molecule has 0 aliphatic carbocycles. The molecule has 0 fully saturated rings. The van der Waals surface area contributed by atoms with E-state index in [0.29, 0.717) is 40.9 Å². The van der Waals surface area contributed by atoms with Crippen LogP contribution in [0.25, 0.3) is 11.3 Å². The van der Waals surface area contributed by atoms with E-state index in [2.05, 4.69) is 0 Å². The first kappa shape index (κ1) is 19.4. The van der Waals surface area contributed by atoms with Gasteiger partial charge in [-0.2, -0.15) is 0 Å². The van der Waals surface area contributed by atoms with Gasteiger partial charge in [-0.3, -0.25) is 0 Å². The van der Waals surface area contributed by atoms with Gasteiger partial charge in [0, 0.05) is 22.8 Å². The summed E-state index contributed by atoms with van der Waals surface area (Å²) < 4.78 is 5.92. The van der Waals surface area contributed by atoms with Crippen molar-refractivity contribution in [2.45, 2.75) is 33.6 Å². The van der Waals surface area contributed by atoms with Crippen molar-refractivity contribution in [2.24, 2.45) is 0 Å². The van der Waals surface area contributed by atoms with Crippen LogP contribution in [0, 0.1) is 0 Å². The number of phenolic OH excluding ortho intramolecular Hbond substituents is 3. The molecule has 146 valence electrons. The summed E-state index contributed by atoms with van der Waals surface area (Å²) in [5, 5.41) is 40.8. The fraction of sp³-hybridized carbons (Fsp3) is 0.217. The molecular formula is C23H24O5. The summed E-state index contributed by atoms with van der Waals surface area (Å²) >= 11 is 0. The molecule has 0 unspecified atom stereocenters. The Morgan fingerprint density at radius 2 is 1.82 bits per heavy atom. The fourth-order valence-corrected chi connectivity index (χ4v) is 3.17. The van der Waals surface area contributed by atoms with Gasteiger partial charge < -0.3 is 25.2 Å². The SMILES string of the molecule is CCc1cc(C2=C/C(=C/O)c3c(cc(O)c(CC=C(C)C)c3O)O2)ccc1O. The van der Waals surface area contributed by atoms with Gasteiger partial charge >= 0.3 is 0 Å². The lowest BCUT2D eigenvalue weighted by Crippen LogP contribution is -2.06. The first-order valence-corrected chi connectivity index (χ1v) is 9.13. The van der Waals surface area contributed by atoms with Crippen LogP contribution in [-0.4, -0.2) is 20.4 Å². The van der Waals surface area contributed by atoms with Crippen LogP contribution in [-0.2, 0) is 12.8 Å².